The number of anilines is 1. The summed E-state index contributed by atoms with van der Waals surface area (Å²) in [5.74, 6) is -0.908. The van der Waals surface area contributed by atoms with Gasteiger partial charge in [-0.05, 0) is 24.3 Å². The van der Waals surface area contributed by atoms with Crippen molar-refractivity contribution in [3.63, 3.8) is 0 Å². The monoisotopic (exact) mass is 399 g/mol. The number of carbonyl (C=O) groups excluding carboxylic acids is 2. The predicted molar refractivity (Wildman–Crippen MR) is 98.8 cm³/mol. The standard InChI is InChI=1S/C17H15Cl2NO4S/c1-2-25(23)14-9-4-3-6-11(14)17(22)24-10-15(21)20-13-8-5-7-12(18)16(13)19/h3-9H,2,10H2,1H3,(H,20,21)/t25-/m0/s1. The molecule has 2 aromatic carbocycles. The zero-order chi connectivity index (χ0) is 18.4. The van der Waals surface area contributed by atoms with Crippen LogP contribution in [0, 0.1) is 0 Å². The molecule has 0 aliphatic rings. The van der Waals surface area contributed by atoms with E-state index in [4.69, 9.17) is 27.9 Å². The molecule has 5 nitrogen and oxygen atoms in total. The van der Waals surface area contributed by atoms with Crippen LogP contribution in [0.4, 0.5) is 5.69 Å². The van der Waals surface area contributed by atoms with Crippen molar-refractivity contribution >= 4 is 51.6 Å². The molecular weight excluding hydrogens is 385 g/mol. The van der Waals surface area contributed by atoms with Gasteiger partial charge in [-0.1, -0.05) is 48.3 Å². The Balaban J connectivity index is 2.02. The third-order valence-corrected chi connectivity index (χ3v) is 5.36. The van der Waals surface area contributed by atoms with Gasteiger partial charge in [0.05, 0.1) is 37.0 Å². The molecule has 0 saturated carbocycles. The predicted octanol–water partition coefficient (Wildman–Crippen LogP) is 3.92. The lowest BCUT2D eigenvalue weighted by Gasteiger charge is -2.10. The lowest BCUT2D eigenvalue weighted by atomic mass is 10.2. The Labute approximate surface area is 157 Å². The van der Waals surface area contributed by atoms with E-state index in [1.165, 1.54) is 6.07 Å². The number of nitrogens with one attached hydrogen (secondary N) is 1. The minimum atomic E-state index is -1.31. The molecule has 2 rings (SSSR count). The fraction of sp³-hybridized carbons (Fsp3) is 0.176. The van der Waals surface area contributed by atoms with Crippen molar-refractivity contribution in [1.82, 2.24) is 0 Å². The summed E-state index contributed by atoms with van der Waals surface area (Å²) >= 11 is 11.8. The van der Waals surface area contributed by atoms with Crippen molar-refractivity contribution < 1.29 is 18.5 Å². The van der Waals surface area contributed by atoms with Gasteiger partial charge in [0.15, 0.2) is 6.61 Å². The molecular formula is C17H15Cl2NO4S. The maximum atomic E-state index is 12.2. The van der Waals surface area contributed by atoms with Crippen molar-refractivity contribution in [2.75, 3.05) is 17.7 Å². The third-order valence-electron chi connectivity index (χ3n) is 3.17. The normalized spacial score (nSPS) is 11.6. The first-order valence-electron chi connectivity index (χ1n) is 7.32. The van der Waals surface area contributed by atoms with Crippen molar-refractivity contribution in [3.05, 3.63) is 58.1 Å². The second kappa shape index (κ2) is 8.99. The molecule has 0 unspecified atom stereocenters. The summed E-state index contributed by atoms with van der Waals surface area (Å²) < 4.78 is 17.0. The number of ether oxygens (including phenoxy) is 1. The Morgan fingerprint density at radius 3 is 2.56 bits per heavy atom. The van der Waals surface area contributed by atoms with Crippen molar-refractivity contribution in [2.24, 2.45) is 0 Å². The number of rotatable bonds is 6. The fourth-order valence-corrected chi connectivity index (χ4v) is 3.27. The molecule has 0 aromatic heterocycles. The minimum absolute atomic E-state index is 0.177. The maximum absolute atomic E-state index is 12.2. The molecule has 1 atom stereocenters. The van der Waals surface area contributed by atoms with Crippen LogP contribution in [0.3, 0.4) is 0 Å². The molecule has 25 heavy (non-hydrogen) atoms. The van der Waals surface area contributed by atoms with E-state index in [1.807, 2.05) is 0 Å². The summed E-state index contributed by atoms with van der Waals surface area (Å²) in [6.45, 7) is 1.25. The number of benzene rings is 2. The van der Waals surface area contributed by atoms with Gasteiger partial charge in [-0.2, -0.15) is 0 Å². The van der Waals surface area contributed by atoms with E-state index in [2.05, 4.69) is 5.32 Å². The average molecular weight is 400 g/mol. The zero-order valence-corrected chi connectivity index (χ0v) is 15.6. The number of carbonyl (C=O) groups is 2. The minimum Gasteiger partial charge on any atom is -0.452 e. The molecule has 132 valence electrons. The van der Waals surface area contributed by atoms with Gasteiger partial charge < -0.3 is 10.1 Å². The van der Waals surface area contributed by atoms with Crippen LogP contribution in [0.5, 0.6) is 0 Å². The lowest BCUT2D eigenvalue weighted by molar-refractivity contribution is -0.119. The number of amides is 1. The molecule has 0 aliphatic carbocycles. The summed E-state index contributed by atoms with van der Waals surface area (Å²) in [7, 11) is -1.31. The quantitative estimate of drug-likeness (QED) is 0.747. The first kappa shape index (κ1) is 19.4. The van der Waals surface area contributed by atoms with Crippen molar-refractivity contribution in [3.8, 4) is 0 Å². The molecule has 0 bridgehead atoms. The van der Waals surface area contributed by atoms with Crippen LogP contribution < -0.4 is 5.32 Å². The fourth-order valence-electron chi connectivity index (χ4n) is 1.98. The smallest absolute Gasteiger partial charge is 0.339 e. The molecule has 0 fully saturated rings. The van der Waals surface area contributed by atoms with Gasteiger partial charge in [0.1, 0.15) is 0 Å². The molecule has 1 N–H and O–H groups in total. The van der Waals surface area contributed by atoms with Crippen LogP contribution in [-0.4, -0.2) is 28.4 Å². The van der Waals surface area contributed by atoms with Crippen LogP contribution in [0.1, 0.15) is 17.3 Å². The summed E-state index contributed by atoms with van der Waals surface area (Å²) in [6, 6.07) is 11.2. The van der Waals surface area contributed by atoms with Crippen LogP contribution in [0.15, 0.2) is 47.4 Å². The summed E-state index contributed by atoms with van der Waals surface area (Å²) in [6.07, 6.45) is 0. The molecule has 1 amide bonds. The highest BCUT2D eigenvalue weighted by molar-refractivity contribution is 7.85. The Hall–Kier alpha value is -1.89. The van der Waals surface area contributed by atoms with E-state index in [0.717, 1.165) is 0 Å². The number of esters is 1. The molecule has 0 heterocycles. The highest BCUT2D eigenvalue weighted by atomic mass is 35.5. The number of hydrogen-bond donors (Lipinski definition) is 1. The Morgan fingerprint density at radius 1 is 1.12 bits per heavy atom. The van der Waals surface area contributed by atoms with Crippen LogP contribution in [0.25, 0.3) is 0 Å². The van der Waals surface area contributed by atoms with Crippen molar-refractivity contribution in [1.29, 1.82) is 0 Å². The summed E-state index contributed by atoms with van der Waals surface area (Å²) in [5.41, 5.74) is 0.499. The first-order valence-corrected chi connectivity index (χ1v) is 9.40. The van der Waals surface area contributed by atoms with Gasteiger partial charge >= 0.3 is 5.97 Å². The van der Waals surface area contributed by atoms with E-state index in [-0.39, 0.29) is 10.6 Å². The first-order chi connectivity index (χ1) is 11.9. The number of hydrogen-bond acceptors (Lipinski definition) is 4. The third kappa shape index (κ3) is 5.04. The van der Waals surface area contributed by atoms with Gasteiger partial charge in [0, 0.05) is 5.75 Å². The highest BCUT2D eigenvalue weighted by Gasteiger charge is 2.17. The van der Waals surface area contributed by atoms with Gasteiger partial charge in [-0.15, -0.1) is 0 Å². The molecule has 0 spiro atoms. The van der Waals surface area contributed by atoms with Crippen LogP contribution in [-0.2, 0) is 20.3 Å². The van der Waals surface area contributed by atoms with Crippen LogP contribution in [0.2, 0.25) is 10.0 Å². The lowest BCUT2D eigenvalue weighted by Crippen LogP contribution is -2.21. The van der Waals surface area contributed by atoms with Crippen LogP contribution >= 0.6 is 23.2 Å². The SMILES string of the molecule is CC[S@](=O)c1ccccc1C(=O)OCC(=O)Nc1cccc(Cl)c1Cl. The Bertz CT molecular complexity index is 826. The number of halogens is 2. The van der Waals surface area contributed by atoms with E-state index in [0.29, 0.717) is 21.4 Å². The molecule has 2 aromatic rings. The highest BCUT2D eigenvalue weighted by Crippen LogP contribution is 2.29. The molecule has 0 saturated heterocycles. The van der Waals surface area contributed by atoms with E-state index in [1.54, 1.807) is 43.3 Å². The summed E-state index contributed by atoms with van der Waals surface area (Å²) in [5, 5.41) is 3.01. The maximum Gasteiger partial charge on any atom is 0.339 e. The van der Waals surface area contributed by atoms with Gasteiger partial charge in [0.2, 0.25) is 0 Å². The molecule has 8 heteroatoms. The average Bonchev–Trinajstić information content (AvgIpc) is 2.63. The Morgan fingerprint density at radius 2 is 1.84 bits per heavy atom. The van der Waals surface area contributed by atoms with E-state index in [9.17, 15) is 13.8 Å². The van der Waals surface area contributed by atoms with Gasteiger partial charge in [0.25, 0.3) is 5.91 Å². The molecule has 0 radical (unpaired) electrons. The Kier molecular flexibility index (Phi) is 6.99. The van der Waals surface area contributed by atoms with E-state index < -0.39 is 29.3 Å². The molecule has 0 aliphatic heterocycles. The van der Waals surface area contributed by atoms with Gasteiger partial charge in [-0.3, -0.25) is 9.00 Å². The second-order valence-electron chi connectivity index (χ2n) is 4.86. The van der Waals surface area contributed by atoms with Gasteiger partial charge in [-0.25, -0.2) is 4.79 Å². The summed E-state index contributed by atoms with van der Waals surface area (Å²) in [4.78, 5) is 24.5. The van der Waals surface area contributed by atoms with Crippen molar-refractivity contribution in [2.45, 2.75) is 11.8 Å². The zero-order valence-electron chi connectivity index (χ0n) is 13.3. The second-order valence-corrected chi connectivity index (χ2v) is 7.35. The topological polar surface area (TPSA) is 72.5 Å². The van der Waals surface area contributed by atoms with E-state index >= 15 is 0 Å². The largest absolute Gasteiger partial charge is 0.452 e.